The molecule has 7 aromatic rings. The van der Waals surface area contributed by atoms with Crippen molar-refractivity contribution in [2.75, 3.05) is 32.7 Å². The Hall–Kier alpha value is -9.51. The number of aromatic nitrogens is 3. The van der Waals surface area contributed by atoms with Crippen molar-refractivity contribution in [2.45, 2.75) is 176 Å². The first-order valence-corrected chi connectivity index (χ1v) is 34.6. The molecule has 99 heavy (non-hydrogen) atoms. The minimum Gasteiger partial charge on any atom is -0.368 e. The Kier molecular flexibility index (Phi) is 31.4. The van der Waals surface area contributed by atoms with Gasteiger partial charge in [-0.1, -0.05) is 91.3 Å². The van der Waals surface area contributed by atoms with Crippen LogP contribution >= 0.6 is 0 Å². The highest BCUT2D eigenvalue weighted by Crippen LogP contribution is 2.24. The zero-order chi connectivity index (χ0) is 71.1. The minimum absolute atomic E-state index is 0.00599. The summed E-state index contributed by atoms with van der Waals surface area (Å²) in [6.07, 6.45) is 10.7. The zero-order valence-corrected chi connectivity index (χ0v) is 56.4. The van der Waals surface area contributed by atoms with Crippen LogP contribution in [0.25, 0.3) is 32.7 Å². The molecule has 0 saturated heterocycles. The standard InChI is InChI=1S/C72H102N18O9/c73-33-15-10-25-52(78)65(92)84-57(30-12-17-35-75)67(94)88-63(41-48-44-82-55-28-9-6-24-51(48)55)72(99)90-61(39-46-42-80-53-26-7-4-22-49(46)53)70(97)86-58(31-13-18-36-76)66(93)85-59(32-14-19-37-77)68(95)89-62(40-47-43-81-54-27-8-5-23-50(47)54)71(98)87-60(38-45-20-2-1-3-21-45)69(96)83-56(64(79)91)29-11-16-34-74/h1-9,20-24,26-28,42-44,52,56-63,80-82H,10-19,25,29-41,73-78H2,(H2,79,91)(H,83,96)(H,84,92)(H,85,93)(H,86,97)(H,87,98)(H,88,94)(H,89,95)(H,90,99)/t52-,56-,57-,58-,59-,60-,61-,62-,63-/m0/s1. The fourth-order valence-corrected chi connectivity index (χ4v) is 12.1. The van der Waals surface area contributed by atoms with Gasteiger partial charge in [0.2, 0.25) is 53.2 Å². The van der Waals surface area contributed by atoms with Crippen molar-refractivity contribution in [3.05, 3.63) is 144 Å². The fourth-order valence-electron chi connectivity index (χ4n) is 12.1. The molecule has 0 aliphatic heterocycles. The van der Waals surface area contributed by atoms with E-state index in [1.54, 1.807) is 48.9 Å². The first-order valence-electron chi connectivity index (χ1n) is 34.6. The molecule has 0 unspecified atom stereocenters. The van der Waals surface area contributed by atoms with E-state index < -0.39 is 108 Å². The van der Waals surface area contributed by atoms with Crippen LogP contribution in [0.15, 0.2) is 122 Å². The van der Waals surface area contributed by atoms with Crippen LogP contribution in [0.2, 0.25) is 0 Å². The molecule has 27 nitrogen and oxygen atoms in total. The number of H-pyrrole nitrogens is 3. The van der Waals surface area contributed by atoms with E-state index in [0.717, 1.165) is 32.7 Å². The van der Waals surface area contributed by atoms with Gasteiger partial charge in [-0.05, 0) is 163 Å². The minimum atomic E-state index is -1.41. The molecule has 9 amide bonds. The monoisotopic (exact) mass is 1360 g/mol. The van der Waals surface area contributed by atoms with Gasteiger partial charge in [0.1, 0.15) is 48.3 Å². The number of hydrogen-bond donors (Lipinski definition) is 18. The number of nitrogens with two attached hydrogens (primary N) is 7. The predicted octanol–water partition coefficient (Wildman–Crippen LogP) is 1.74. The van der Waals surface area contributed by atoms with Gasteiger partial charge in [-0.15, -0.1) is 0 Å². The third-order valence-corrected chi connectivity index (χ3v) is 17.8. The number of benzene rings is 4. The van der Waals surface area contributed by atoms with Gasteiger partial charge in [0.05, 0.1) is 6.04 Å². The summed E-state index contributed by atoms with van der Waals surface area (Å²) in [5.74, 6) is -6.47. The molecule has 0 bridgehead atoms. The summed E-state index contributed by atoms with van der Waals surface area (Å²) < 4.78 is 0. The topological polar surface area (TPSA) is 479 Å². The van der Waals surface area contributed by atoms with Gasteiger partial charge in [0, 0.05) is 77.0 Å². The molecular weight excluding hydrogens is 1260 g/mol. The van der Waals surface area contributed by atoms with Gasteiger partial charge in [0.25, 0.3) is 0 Å². The van der Waals surface area contributed by atoms with E-state index in [2.05, 4.69) is 57.5 Å². The molecular formula is C72H102N18O9. The normalized spacial score (nSPS) is 14.2. The highest BCUT2D eigenvalue weighted by Gasteiger charge is 2.36. The molecule has 3 heterocycles. The molecule has 0 saturated carbocycles. The SMILES string of the molecule is NCCCC[C@H](NC(=O)[C@H](Cc1ccccc1)NC(=O)[C@H](Cc1c[nH]c2ccccc12)NC(=O)[C@H](CCCCN)NC(=O)[C@H](CCCCN)NC(=O)[C@H](Cc1c[nH]c2ccccc12)NC(=O)[C@H](Cc1c[nH]c2ccccc12)NC(=O)[C@H](CCCCN)NC(=O)[C@@H](N)CCCCN)C(N)=O. The van der Waals surface area contributed by atoms with Gasteiger partial charge in [0.15, 0.2) is 0 Å². The molecule has 0 aliphatic rings. The Labute approximate surface area is 577 Å². The van der Waals surface area contributed by atoms with Crippen molar-refractivity contribution < 1.29 is 43.2 Å². The number of amides is 9. The van der Waals surface area contributed by atoms with E-state index in [9.17, 15) is 19.2 Å². The number of rotatable bonds is 45. The number of primary amides is 1. The van der Waals surface area contributed by atoms with E-state index in [0.29, 0.717) is 113 Å². The highest BCUT2D eigenvalue weighted by molar-refractivity contribution is 5.99. The zero-order valence-electron chi connectivity index (χ0n) is 56.4. The average Bonchev–Trinajstić information content (AvgIpc) is 1.76. The maximum Gasteiger partial charge on any atom is 0.243 e. The summed E-state index contributed by atoms with van der Waals surface area (Å²) in [7, 11) is 0. The molecule has 7 rings (SSSR count). The summed E-state index contributed by atoms with van der Waals surface area (Å²) in [5.41, 5.74) is 46.3. The quantitative estimate of drug-likeness (QED) is 0.0242. The Balaban J connectivity index is 1.19. The van der Waals surface area contributed by atoms with E-state index in [4.69, 9.17) is 40.1 Å². The number of para-hydroxylation sites is 3. The molecule has 25 N–H and O–H groups in total. The molecule has 3 aromatic heterocycles. The molecule has 0 radical (unpaired) electrons. The van der Waals surface area contributed by atoms with Crippen LogP contribution in [0.3, 0.4) is 0 Å². The van der Waals surface area contributed by atoms with Crippen LogP contribution in [0.5, 0.6) is 0 Å². The highest BCUT2D eigenvalue weighted by atomic mass is 16.2. The Morgan fingerprint density at radius 1 is 0.303 bits per heavy atom. The van der Waals surface area contributed by atoms with Crippen molar-refractivity contribution in [1.82, 2.24) is 57.5 Å². The Bertz CT molecular complexity index is 3740. The molecule has 0 aliphatic carbocycles. The van der Waals surface area contributed by atoms with Crippen LogP contribution in [0, 0.1) is 0 Å². The lowest BCUT2D eigenvalue weighted by Gasteiger charge is -2.28. The smallest absolute Gasteiger partial charge is 0.243 e. The molecule has 27 heteroatoms. The number of hydrogen-bond acceptors (Lipinski definition) is 15. The van der Waals surface area contributed by atoms with E-state index in [1.165, 1.54) is 0 Å². The Morgan fingerprint density at radius 2 is 0.566 bits per heavy atom. The van der Waals surface area contributed by atoms with Gasteiger partial charge in [-0.3, -0.25) is 43.2 Å². The average molecular weight is 1360 g/mol. The van der Waals surface area contributed by atoms with Crippen molar-refractivity contribution in [3.63, 3.8) is 0 Å². The second-order valence-corrected chi connectivity index (χ2v) is 25.3. The number of aromatic amines is 3. The number of fused-ring (bicyclic) bond motifs is 3. The first kappa shape index (κ1) is 76.9. The molecule has 0 fully saturated rings. The van der Waals surface area contributed by atoms with Crippen LogP contribution < -0.4 is 82.7 Å². The molecule has 534 valence electrons. The van der Waals surface area contributed by atoms with Crippen molar-refractivity contribution in [1.29, 1.82) is 0 Å². The number of carbonyl (C=O) groups is 9. The van der Waals surface area contributed by atoms with Gasteiger partial charge < -0.3 is 97.6 Å². The summed E-state index contributed by atoms with van der Waals surface area (Å²) in [4.78, 5) is 141. The second-order valence-electron chi connectivity index (χ2n) is 25.3. The molecule has 4 aromatic carbocycles. The van der Waals surface area contributed by atoms with Crippen LogP contribution in [0.1, 0.15) is 119 Å². The lowest BCUT2D eigenvalue weighted by molar-refractivity contribution is -0.136. The van der Waals surface area contributed by atoms with Gasteiger partial charge >= 0.3 is 0 Å². The summed E-state index contributed by atoms with van der Waals surface area (Å²) >= 11 is 0. The summed E-state index contributed by atoms with van der Waals surface area (Å²) in [6.45, 7) is 1.63. The summed E-state index contributed by atoms with van der Waals surface area (Å²) in [5, 5.41) is 25.3. The first-order chi connectivity index (χ1) is 47.9. The molecule has 0 spiro atoms. The van der Waals surface area contributed by atoms with E-state index in [-0.39, 0.29) is 64.5 Å². The number of carbonyl (C=O) groups excluding carboxylic acids is 9. The maximum absolute atomic E-state index is 15.4. The second kappa shape index (κ2) is 40.4. The Morgan fingerprint density at radius 3 is 0.899 bits per heavy atom. The fraction of sp³-hybridized carbons (Fsp3) is 0.458. The van der Waals surface area contributed by atoms with Crippen molar-refractivity contribution in [3.8, 4) is 0 Å². The van der Waals surface area contributed by atoms with Gasteiger partial charge in [-0.2, -0.15) is 0 Å². The van der Waals surface area contributed by atoms with E-state index >= 15 is 24.0 Å². The number of nitrogens with one attached hydrogen (secondary N) is 11. The maximum atomic E-state index is 15.4. The van der Waals surface area contributed by atoms with Crippen LogP contribution in [-0.4, -0.2) is 155 Å². The van der Waals surface area contributed by atoms with E-state index in [1.807, 2.05) is 72.8 Å². The predicted molar refractivity (Wildman–Crippen MR) is 383 cm³/mol. The molecule has 9 atom stereocenters. The van der Waals surface area contributed by atoms with Gasteiger partial charge in [-0.25, -0.2) is 0 Å². The van der Waals surface area contributed by atoms with Crippen molar-refractivity contribution in [2.24, 2.45) is 40.1 Å². The number of unbranched alkanes of at least 4 members (excludes halogenated alkanes) is 5. The lowest BCUT2D eigenvalue weighted by atomic mass is 10.00. The largest absolute Gasteiger partial charge is 0.368 e. The van der Waals surface area contributed by atoms with Crippen molar-refractivity contribution >= 4 is 85.9 Å². The van der Waals surface area contributed by atoms with Crippen LogP contribution in [-0.2, 0) is 68.8 Å². The lowest BCUT2D eigenvalue weighted by Crippen LogP contribution is -2.61. The summed E-state index contributed by atoms with van der Waals surface area (Å²) in [6, 6.07) is 20.0. The third-order valence-electron chi connectivity index (χ3n) is 17.8. The third kappa shape index (κ3) is 23.6. The van der Waals surface area contributed by atoms with Crippen LogP contribution in [0.4, 0.5) is 0 Å².